The Bertz CT molecular complexity index is 1220. The zero-order valence-electron chi connectivity index (χ0n) is 18.4. The van der Waals surface area contributed by atoms with Crippen molar-refractivity contribution >= 4 is 46.0 Å². The van der Waals surface area contributed by atoms with Crippen molar-refractivity contribution in [2.45, 2.75) is 30.9 Å². The smallest absolute Gasteiger partial charge is 0.364 e. The van der Waals surface area contributed by atoms with Crippen molar-refractivity contribution in [3.05, 3.63) is 32.8 Å². The first-order valence-corrected chi connectivity index (χ1v) is 12.1. The van der Waals surface area contributed by atoms with E-state index in [1.807, 2.05) is 19.0 Å². The molecular formula is C18H23N9O5S2. The van der Waals surface area contributed by atoms with Gasteiger partial charge in [-0.2, -0.15) is 9.36 Å². The number of nitrogens with zero attached hydrogens (tertiary/aromatic N) is 7. The molecule has 2 amide bonds. The number of nitrogen functional groups attached to an aromatic ring is 1. The number of aliphatic carboxylic acids is 1. The van der Waals surface area contributed by atoms with Gasteiger partial charge in [0.05, 0.1) is 25.2 Å². The van der Waals surface area contributed by atoms with Crippen LogP contribution >= 0.6 is 23.1 Å². The number of fused-ring (bicyclic) bond motifs is 1. The molecule has 4 rings (SSSR count). The van der Waals surface area contributed by atoms with E-state index in [2.05, 4.69) is 20.7 Å². The summed E-state index contributed by atoms with van der Waals surface area (Å²) < 4.78 is 2.29. The van der Waals surface area contributed by atoms with Gasteiger partial charge in [0.25, 0.3) is 5.91 Å². The number of tetrazole rings is 1. The molecular weight excluding hydrogens is 486 g/mol. The molecule has 1 fully saturated rings. The lowest BCUT2D eigenvalue weighted by Gasteiger charge is -2.49. The maximum absolute atomic E-state index is 12.8. The number of nitrogens with two attached hydrogens (primary N) is 1. The number of β-lactam (4-membered cyclic amide) rings is 1. The Morgan fingerprint density at radius 3 is 2.68 bits per heavy atom. The van der Waals surface area contributed by atoms with Crippen LogP contribution in [0.15, 0.2) is 21.4 Å². The highest BCUT2D eigenvalue weighted by Gasteiger charge is 2.54. The van der Waals surface area contributed by atoms with Crippen LogP contribution < -0.4 is 16.7 Å². The Kier molecular flexibility index (Phi) is 6.72. The van der Waals surface area contributed by atoms with Gasteiger partial charge in [0.15, 0.2) is 5.13 Å². The van der Waals surface area contributed by atoms with Gasteiger partial charge in [0.2, 0.25) is 5.91 Å². The molecule has 0 aromatic carbocycles. The SMILES string of the molecule is CN(C)CCn1nnn(CC2=C(C(=O)O)N3C(=O)[C@@H](NC(=O)Cc4csc(N)n4)[C@H]3SC2)c1=O. The molecule has 0 spiro atoms. The Balaban J connectivity index is 1.47. The number of carboxylic acid groups (broad SMARTS) is 1. The van der Waals surface area contributed by atoms with Crippen molar-refractivity contribution in [3.63, 3.8) is 0 Å². The predicted octanol–water partition coefficient (Wildman–Crippen LogP) is -1.98. The van der Waals surface area contributed by atoms with Crippen molar-refractivity contribution in [1.29, 1.82) is 0 Å². The van der Waals surface area contributed by atoms with Gasteiger partial charge >= 0.3 is 11.7 Å². The van der Waals surface area contributed by atoms with Crippen molar-refractivity contribution in [1.82, 2.24) is 39.9 Å². The van der Waals surface area contributed by atoms with Gasteiger partial charge in [-0.3, -0.25) is 14.5 Å². The lowest BCUT2D eigenvalue weighted by atomic mass is 10.0. The summed E-state index contributed by atoms with van der Waals surface area (Å²) >= 11 is 2.52. The zero-order valence-corrected chi connectivity index (χ0v) is 20.0. The van der Waals surface area contributed by atoms with Crippen molar-refractivity contribution < 1.29 is 19.5 Å². The number of nitrogens with one attached hydrogen (secondary N) is 1. The van der Waals surface area contributed by atoms with Gasteiger partial charge in [0, 0.05) is 17.7 Å². The first-order chi connectivity index (χ1) is 16.2. The summed E-state index contributed by atoms with van der Waals surface area (Å²) in [6.45, 7) is 0.825. The average Bonchev–Trinajstić information content (AvgIpc) is 3.34. The molecule has 2 aromatic heterocycles. The molecule has 2 aliphatic rings. The summed E-state index contributed by atoms with van der Waals surface area (Å²) in [5, 5.41) is 21.6. The Labute approximate surface area is 201 Å². The minimum atomic E-state index is -1.29. The van der Waals surface area contributed by atoms with E-state index in [1.165, 1.54) is 27.8 Å². The molecule has 14 nitrogen and oxygen atoms in total. The van der Waals surface area contributed by atoms with E-state index < -0.39 is 34.9 Å². The minimum absolute atomic E-state index is 0.0336. The van der Waals surface area contributed by atoms with Gasteiger partial charge in [-0.15, -0.1) is 23.1 Å². The Morgan fingerprint density at radius 2 is 2.03 bits per heavy atom. The molecule has 1 saturated heterocycles. The topological polar surface area (TPSA) is 182 Å². The lowest BCUT2D eigenvalue weighted by molar-refractivity contribution is -0.150. The molecule has 0 aliphatic carbocycles. The second-order valence-electron chi connectivity index (χ2n) is 8.01. The third-order valence-electron chi connectivity index (χ3n) is 5.27. The van der Waals surface area contributed by atoms with Gasteiger partial charge < -0.3 is 21.1 Å². The molecule has 0 unspecified atom stereocenters. The summed E-state index contributed by atoms with van der Waals surface area (Å²) in [6, 6.07) is -0.848. The highest BCUT2D eigenvalue weighted by molar-refractivity contribution is 8.00. The third-order valence-corrected chi connectivity index (χ3v) is 7.34. The summed E-state index contributed by atoms with van der Waals surface area (Å²) in [5.41, 5.74) is 5.78. The number of carboxylic acids is 1. The van der Waals surface area contributed by atoms with E-state index in [4.69, 9.17) is 5.73 Å². The quantitative estimate of drug-likeness (QED) is 0.319. The predicted molar refractivity (Wildman–Crippen MR) is 123 cm³/mol. The highest BCUT2D eigenvalue weighted by Crippen LogP contribution is 2.40. The third kappa shape index (κ3) is 4.69. The summed E-state index contributed by atoms with van der Waals surface area (Å²) in [4.78, 5) is 56.8. The number of hydrogen-bond donors (Lipinski definition) is 3. The van der Waals surface area contributed by atoms with E-state index in [-0.39, 0.29) is 24.4 Å². The van der Waals surface area contributed by atoms with Gasteiger partial charge in [-0.05, 0) is 30.1 Å². The van der Waals surface area contributed by atoms with Crippen molar-refractivity contribution in [2.75, 3.05) is 32.1 Å². The molecule has 2 atom stereocenters. The van der Waals surface area contributed by atoms with Crippen LogP contribution in [0.1, 0.15) is 5.69 Å². The number of carbonyl (C=O) groups is 3. The van der Waals surface area contributed by atoms with Crippen molar-refractivity contribution in [3.8, 4) is 0 Å². The van der Waals surface area contributed by atoms with Crippen LogP contribution in [0.2, 0.25) is 0 Å². The molecule has 0 saturated carbocycles. The first kappa shape index (κ1) is 23.9. The zero-order chi connectivity index (χ0) is 24.6. The number of hydrogen-bond acceptors (Lipinski definition) is 11. The van der Waals surface area contributed by atoms with Crippen LogP contribution in [0.4, 0.5) is 5.13 Å². The lowest BCUT2D eigenvalue weighted by Crippen LogP contribution is -2.70. The largest absolute Gasteiger partial charge is 0.477 e. The fourth-order valence-electron chi connectivity index (χ4n) is 3.62. The molecule has 0 bridgehead atoms. The van der Waals surface area contributed by atoms with E-state index in [1.54, 1.807) is 5.38 Å². The monoisotopic (exact) mass is 509 g/mol. The number of carbonyl (C=O) groups excluding carboxylic acids is 2. The van der Waals surface area contributed by atoms with Crippen molar-refractivity contribution in [2.24, 2.45) is 0 Å². The van der Waals surface area contributed by atoms with E-state index >= 15 is 0 Å². The maximum atomic E-state index is 12.8. The van der Waals surface area contributed by atoms with Gasteiger partial charge in [-0.1, -0.05) is 0 Å². The van der Waals surface area contributed by atoms with Crippen LogP contribution in [-0.2, 0) is 33.9 Å². The number of amides is 2. The Morgan fingerprint density at radius 1 is 1.29 bits per heavy atom. The van der Waals surface area contributed by atoms with E-state index in [0.29, 0.717) is 29.5 Å². The molecule has 34 heavy (non-hydrogen) atoms. The van der Waals surface area contributed by atoms with Crippen LogP contribution in [0.3, 0.4) is 0 Å². The van der Waals surface area contributed by atoms with Crippen LogP contribution in [0, 0.1) is 0 Å². The summed E-state index contributed by atoms with van der Waals surface area (Å²) in [6.07, 6.45) is -0.0336. The second-order valence-corrected chi connectivity index (χ2v) is 10.0. The highest BCUT2D eigenvalue weighted by atomic mass is 32.2. The normalized spacial score (nSPS) is 19.9. The number of aromatic nitrogens is 5. The van der Waals surface area contributed by atoms with E-state index in [9.17, 15) is 24.3 Å². The first-order valence-electron chi connectivity index (χ1n) is 10.2. The Hall–Kier alpha value is -3.24. The number of rotatable bonds is 9. The van der Waals surface area contributed by atoms with Gasteiger partial charge in [-0.25, -0.2) is 14.6 Å². The number of thioether (sulfide) groups is 1. The average molecular weight is 510 g/mol. The molecule has 16 heteroatoms. The maximum Gasteiger partial charge on any atom is 0.364 e. The molecule has 2 aromatic rings. The number of thiazole rings is 1. The van der Waals surface area contributed by atoms with Gasteiger partial charge in [0.1, 0.15) is 17.1 Å². The van der Waals surface area contributed by atoms with E-state index in [0.717, 1.165) is 9.58 Å². The molecule has 4 heterocycles. The van der Waals surface area contributed by atoms with Crippen LogP contribution in [0.25, 0.3) is 0 Å². The summed E-state index contributed by atoms with van der Waals surface area (Å²) in [5.74, 6) is -1.97. The molecule has 0 radical (unpaired) electrons. The fourth-order valence-corrected chi connectivity index (χ4v) is 5.52. The molecule has 2 aliphatic heterocycles. The van der Waals surface area contributed by atoms with Crippen LogP contribution in [-0.4, -0.2) is 95.3 Å². The summed E-state index contributed by atoms with van der Waals surface area (Å²) in [7, 11) is 3.73. The standard InChI is InChI=1S/C18H23N9O5S2/c1-24(2)3-4-25-18(32)26(23-22-25)6-9-7-33-15-12(14(29)27(15)13(9)16(30)31)21-11(28)5-10-8-34-17(19)20-10/h8,12,15H,3-7H2,1-2H3,(H2,19,20)(H,21,28)(H,30,31)/t12-,15-/m1/s1. The fraction of sp³-hybridized carbons (Fsp3) is 0.500. The minimum Gasteiger partial charge on any atom is -0.477 e. The second kappa shape index (κ2) is 9.55. The van der Waals surface area contributed by atoms with Crippen LogP contribution in [0.5, 0.6) is 0 Å². The number of likely N-dealkylation sites (N-methyl/N-ethyl adjacent to an activating group) is 1. The molecule has 4 N–H and O–H groups in total. The molecule has 182 valence electrons. The number of anilines is 1.